The van der Waals surface area contributed by atoms with E-state index in [1.165, 1.54) is 64.2 Å². The Balaban J connectivity index is 1.78. The lowest BCUT2D eigenvalue weighted by atomic mass is 9.83. The minimum atomic E-state index is 0.600. The predicted octanol–water partition coefficient (Wildman–Crippen LogP) is 2.82. The molecule has 1 atom stereocenters. The maximum absolute atomic E-state index is 5.96. The molecule has 0 aromatic carbocycles. The topological polar surface area (TPSA) is 38.0 Å². The van der Waals surface area contributed by atoms with Gasteiger partial charge in [0.1, 0.15) is 0 Å². The summed E-state index contributed by atoms with van der Waals surface area (Å²) in [6.45, 7) is 0.834. The van der Waals surface area contributed by atoms with E-state index in [9.17, 15) is 0 Å². The van der Waals surface area contributed by atoms with Crippen LogP contribution in [0.3, 0.4) is 0 Å². The summed E-state index contributed by atoms with van der Waals surface area (Å²) in [6, 6.07) is 1.37. The van der Waals surface area contributed by atoms with E-state index >= 15 is 0 Å². The van der Waals surface area contributed by atoms with Crippen molar-refractivity contribution in [2.24, 2.45) is 11.7 Å². The van der Waals surface area contributed by atoms with Crippen LogP contribution in [0.4, 0.5) is 0 Å². The highest BCUT2D eigenvalue weighted by Crippen LogP contribution is 2.27. The third kappa shape index (κ3) is 3.46. The van der Waals surface area contributed by atoms with Gasteiger partial charge in [0.05, 0.1) is 0 Å². The van der Waals surface area contributed by atoms with Crippen LogP contribution in [0.5, 0.6) is 0 Å². The lowest BCUT2D eigenvalue weighted by Crippen LogP contribution is -2.48. The standard InChI is InChI=1S/C14H28N2/c15-11-14(12-7-3-1-4-8-12)16-13-9-5-2-6-10-13/h12-14,16H,1-11,15H2. The Morgan fingerprint density at radius 1 is 0.875 bits per heavy atom. The second kappa shape index (κ2) is 6.61. The van der Waals surface area contributed by atoms with Crippen molar-refractivity contribution in [3.8, 4) is 0 Å². The van der Waals surface area contributed by atoms with Gasteiger partial charge in [0, 0.05) is 18.6 Å². The van der Waals surface area contributed by atoms with Crippen molar-refractivity contribution in [3.63, 3.8) is 0 Å². The van der Waals surface area contributed by atoms with E-state index in [2.05, 4.69) is 5.32 Å². The van der Waals surface area contributed by atoms with Crippen LogP contribution in [0.25, 0.3) is 0 Å². The van der Waals surface area contributed by atoms with E-state index in [-0.39, 0.29) is 0 Å². The molecular formula is C14H28N2. The summed E-state index contributed by atoms with van der Waals surface area (Å²) in [4.78, 5) is 0. The van der Waals surface area contributed by atoms with Gasteiger partial charge in [-0.2, -0.15) is 0 Å². The number of hydrogen-bond donors (Lipinski definition) is 2. The Morgan fingerprint density at radius 2 is 1.44 bits per heavy atom. The molecule has 0 radical (unpaired) electrons. The number of rotatable bonds is 4. The third-order valence-corrected chi connectivity index (χ3v) is 4.53. The van der Waals surface area contributed by atoms with Crippen molar-refractivity contribution in [3.05, 3.63) is 0 Å². The van der Waals surface area contributed by atoms with Crippen LogP contribution in [-0.4, -0.2) is 18.6 Å². The number of nitrogens with one attached hydrogen (secondary N) is 1. The van der Waals surface area contributed by atoms with E-state index in [0.717, 1.165) is 18.5 Å². The Morgan fingerprint density at radius 3 is 2.00 bits per heavy atom. The van der Waals surface area contributed by atoms with Crippen LogP contribution < -0.4 is 11.1 Å². The average molecular weight is 224 g/mol. The lowest BCUT2D eigenvalue weighted by molar-refractivity contribution is 0.235. The van der Waals surface area contributed by atoms with Crippen molar-refractivity contribution in [1.82, 2.24) is 5.32 Å². The Labute approximate surface area is 100 Å². The number of hydrogen-bond acceptors (Lipinski definition) is 2. The highest BCUT2D eigenvalue weighted by Gasteiger charge is 2.25. The molecule has 3 N–H and O–H groups in total. The molecule has 0 saturated heterocycles. The maximum Gasteiger partial charge on any atom is 0.0221 e. The minimum absolute atomic E-state index is 0.600. The third-order valence-electron chi connectivity index (χ3n) is 4.53. The van der Waals surface area contributed by atoms with Crippen molar-refractivity contribution in [2.45, 2.75) is 76.3 Å². The first-order chi connectivity index (χ1) is 7.90. The van der Waals surface area contributed by atoms with E-state index in [1.807, 2.05) is 0 Å². The van der Waals surface area contributed by atoms with Gasteiger partial charge >= 0.3 is 0 Å². The van der Waals surface area contributed by atoms with Crippen LogP contribution in [-0.2, 0) is 0 Å². The molecule has 16 heavy (non-hydrogen) atoms. The molecule has 2 nitrogen and oxygen atoms in total. The molecule has 2 fully saturated rings. The van der Waals surface area contributed by atoms with Gasteiger partial charge in [0.15, 0.2) is 0 Å². The van der Waals surface area contributed by atoms with E-state index in [4.69, 9.17) is 5.73 Å². The summed E-state index contributed by atoms with van der Waals surface area (Å²) < 4.78 is 0. The van der Waals surface area contributed by atoms with Crippen LogP contribution in [0.2, 0.25) is 0 Å². The zero-order chi connectivity index (χ0) is 11.2. The minimum Gasteiger partial charge on any atom is -0.329 e. The normalized spacial score (nSPS) is 26.8. The smallest absolute Gasteiger partial charge is 0.0221 e. The quantitative estimate of drug-likeness (QED) is 0.770. The molecular weight excluding hydrogens is 196 g/mol. The van der Waals surface area contributed by atoms with E-state index in [0.29, 0.717) is 6.04 Å². The van der Waals surface area contributed by atoms with Gasteiger partial charge in [0.2, 0.25) is 0 Å². The fourth-order valence-electron chi connectivity index (χ4n) is 3.51. The zero-order valence-corrected chi connectivity index (χ0v) is 10.6. The molecule has 2 aliphatic rings. The van der Waals surface area contributed by atoms with Gasteiger partial charge in [-0.15, -0.1) is 0 Å². The molecule has 0 aliphatic heterocycles. The van der Waals surface area contributed by atoms with E-state index < -0.39 is 0 Å². The first kappa shape index (κ1) is 12.4. The fraction of sp³-hybridized carbons (Fsp3) is 1.00. The molecule has 1 unspecified atom stereocenters. The Bertz CT molecular complexity index is 181. The molecule has 0 spiro atoms. The zero-order valence-electron chi connectivity index (χ0n) is 10.6. The van der Waals surface area contributed by atoms with Crippen LogP contribution in [0.1, 0.15) is 64.2 Å². The molecule has 2 aliphatic carbocycles. The fourth-order valence-corrected chi connectivity index (χ4v) is 3.51. The Kier molecular flexibility index (Phi) is 5.11. The van der Waals surface area contributed by atoms with Crippen LogP contribution in [0, 0.1) is 5.92 Å². The summed E-state index contributed by atoms with van der Waals surface area (Å²) in [6.07, 6.45) is 14.1. The Hall–Kier alpha value is -0.0800. The summed E-state index contributed by atoms with van der Waals surface area (Å²) >= 11 is 0. The first-order valence-corrected chi connectivity index (χ1v) is 7.36. The molecule has 2 saturated carbocycles. The summed E-state index contributed by atoms with van der Waals surface area (Å²) in [5.74, 6) is 0.862. The highest BCUT2D eigenvalue weighted by atomic mass is 15.0. The predicted molar refractivity (Wildman–Crippen MR) is 69.4 cm³/mol. The first-order valence-electron chi connectivity index (χ1n) is 7.36. The average Bonchev–Trinajstić information content (AvgIpc) is 2.38. The lowest BCUT2D eigenvalue weighted by Gasteiger charge is -2.34. The summed E-state index contributed by atoms with van der Waals surface area (Å²) in [7, 11) is 0. The van der Waals surface area contributed by atoms with Gasteiger partial charge in [-0.3, -0.25) is 0 Å². The van der Waals surface area contributed by atoms with Crippen molar-refractivity contribution in [1.29, 1.82) is 0 Å². The summed E-state index contributed by atoms with van der Waals surface area (Å²) in [5.41, 5.74) is 5.96. The van der Waals surface area contributed by atoms with Crippen molar-refractivity contribution >= 4 is 0 Å². The van der Waals surface area contributed by atoms with Crippen LogP contribution in [0.15, 0.2) is 0 Å². The largest absolute Gasteiger partial charge is 0.329 e. The van der Waals surface area contributed by atoms with Crippen LogP contribution >= 0.6 is 0 Å². The van der Waals surface area contributed by atoms with Gasteiger partial charge in [0.25, 0.3) is 0 Å². The second-order valence-electron chi connectivity index (χ2n) is 5.74. The van der Waals surface area contributed by atoms with Crippen molar-refractivity contribution in [2.75, 3.05) is 6.54 Å². The second-order valence-corrected chi connectivity index (χ2v) is 5.74. The SMILES string of the molecule is NCC(NC1CCCCC1)C1CCCCC1. The molecule has 0 bridgehead atoms. The van der Waals surface area contributed by atoms with Gasteiger partial charge in [-0.25, -0.2) is 0 Å². The van der Waals surface area contributed by atoms with Gasteiger partial charge in [-0.05, 0) is 31.6 Å². The molecule has 0 aromatic heterocycles. The molecule has 0 heterocycles. The molecule has 2 rings (SSSR count). The molecule has 0 aromatic rings. The summed E-state index contributed by atoms with van der Waals surface area (Å²) in [5, 5.41) is 3.85. The van der Waals surface area contributed by atoms with Crippen molar-refractivity contribution < 1.29 is 0 Å². The van der Waals surface area contributed by atoms with Gasteiger partial charge in [-0.1, -0.05) is 38.5 Å². The molecule has 0 amide bonds. The molecule has 2 heteroatoms. The number of nitrogens with two attached hydrogens (primary N) is 1. The highest BCUT2D eigenvalue weighted by molar-refractivity contribution is 4.84. The monoisotopic (exact) mass is 224 g/mol. The van der Waals surface area contributed by atoms with E-state index in [1.54, 1.807) is 0 Å². The molecule has 94 valence electrons. The van der Waals surface area contributed by atoms with Gasteiger partial charge < -0.3 is 11.1 Å². The maximum atomic E-state index is 5.96.